The van der Waals surface area contributed by atoms with E-state index in [9.17, 15) is 4.79 Å². The van der Waals surface area contributed by atoms with Crippen molar-refractivity contribution < 1.29 is 4.79 Å². The number of carbonyl (C=O) groups excluding carboxylic acids is 1. The highest BCUT2D eigenvalue weighted by Crippen LogP contribution is 2.22. The van der Waals surface area contributed by atoms with Crippen LogP contribution in [0.15, 0.2) is 24.3 Å². The van der Waals surface area contributed by atoms with Crippen LogP contribution in [0.5, 0.6) is 0 Å². The van der Waals surface area contributed by atoms with Crippen molar-refractivity contribution in [3.63, 3.8) is 0 Å². The van der Waals surface area contributed by atoms with Crippen molar-refractivity contribution in [1.29, 1.82) is 0 Å². The summed E-state index contributed by atoms with van der Waals surface area (Å²) in [5.74, 6) is -0.139. The van der Waals surface area contributed by atoms with Gasteiger partial charge in [-0.2, -0.15) is 0 Å². The molecule has 0 aliphatic heterocycles. The number of amides is 1. The molecule has 0 fully saturated rings. The van der Waals surface area contributed by atoms with Gasteiger partial charge in [0, 0.05) is 5.56 Å². The number of nitrogens with two attached hydrogens (primary N) is 1. The van der Waals surface area contributed by atoms with Gasteiger partial charge in [-0.05, 0) is 29.5 Å². The number of nitrogens with one attached hydrogen (secondary N) is 1. The summed E-state index contributed by atoms with van der Waals surface area (Å²) in [5.41, 5.74) is 7.48. The number of hydrogen-bond donors (Lipinski definition) is 2. The van der Waals surface area contributed by atoms with E-state index in [1.54, 1.807) is 0 Å². The van der Waals surface area contributed by atoms with Crippen LogP contribution in [0.2, 0.25) is 0 Å². The molecule has 0 spiro atoms. The van der Waals surface area contributed by atoms with Gasteiger partial charge in [-0.3, -0.25) is 4.79 Å². The standard InChI is InChI=1S/C15H22N2OS/c1-5-12(13(16)19)17-14(18)10-6-8-11(9-7-10)15(2,3)4/h6-9,12H,5H2,1-4H3,(H2,16,19)(H,17,18). The Bertz CT molecular complexity index is 460. The normalized spacial score (nSPS) is 12.8. The third-order valence-corrected chi connectivity index (χ3v) is 3.35. The first-order valence-electron chi connectivity index (χ1n) is 6.46. The summed E-state index contributed by atoms with van der Waals surface area (Å²) < 4.78 is 0. The van der Waals surface area contributed by atoms with E-state index in [0.717, 1.165) is 0 Å². The maximum Gasteiger partial charge on any atom is 0.251 e. The zero-order chi connectivity index (χ0) is 14.6. The smallest absolute Gasteiger partial charge is 0.251 e. The lowest BCUT2D eigenvalue weighted by Gasteiger charge is -2.19. The molecule has 19 heavy (non-hydrogen) atoms. The Kier molecular flexibility index (Phi) is 5.06. The third-order valence-electron chi connectivity index (χ3n) is 3.07. The van der Waals surface area contributed by atoms with Crippen LogP contribution in [0.4, 0.5) is 0 Å². The van der Waals surface area contributed by atoms with Crippen LogP contribution in [0.1, 0.15) is 50.0 Å². The van der Waals surface area contributed by atoms with Gasteiger partial charge in [0.1, 0.15) is 0 Å². The Hall–Kier alpha value is -1.42. The van der Waals surface area contributed by atoms with Crippen LogP contribution in [0.25, 0.3) is 0 Å². The minimum Gasteiger partial charge on any atom is -0.392 e. The van der Waals surface area contributed by atoms with Gasteiger partial charge in [-0.15, -0.1) is 0 Å². The average Bonchev–Trinajstić information content (AvgIpc) is 2.34. The number of benzene rings is 1. The van der Waals surface area contributed by atoms with Crippen LogP contribution >= 0.6 is 12.2 Å². The average molecular weight is 278 g/mol. The molecule has 0 saturated heterocycles. The quantitative estimate of drug-likeness (QED) is 0.833. The lowest BCUT2D eigenvalue weighted by molar-refractivity contribution is 0.0946. The van der Waals surface area contributed by atoms with Gasteiger partial charge in [0.25, 0.3) is 5.91 Å². The van der Waals surface area contributed by atoms with E-state index in [1.807, 2.05) is 31.2 Å². The predicted octanol–water partition coefficient (Wildman–Crippen LogP) is 2.78. The molecule has 0 aliphatic carbocycles. The van der Waals surface area contributed by atoms with E-state index < -0.39 is 0 Å². The van der Waals surface area contributed by atoms with E-state index in [-0.39, 0.29) is 17.4 Å². The van der Waals surface area contributed by atoms with Crippen molar-refractivity contribution in [3.05, 3.63) is 35.4 Å². The van der Waals surface area contributed by atoms with Crippen molar-refractivity contribution in [2.24, 2.45) is 5.73 Å². The molecule has 0 bridgehead atoms. The molecule has 3 N–H and O–H groups in total. The Morgan fingerprint density at radius 2 is 1.84 bits per heavy atom. The Morgan fingerprint density at radius 3 is 2.21 bits per heavy atom. The first kappa shape index (κ1) is 15.6. The molecule has 1 aromatic carbocycles. The zero-order valence-corrected chi connectivity index (χ0v) is 12.8. The van der Waals surface area contributed by atoms with Crippen molar-refractivity contribution in [3.8, 4) is 0 Å². The van der Waals surface area contributed by atoms with Gasteiger partial charge < -0.3 is 11.1 Å². The maximum atomic E-state index is 12.1. The fourth-order valence-corrected chi connectivity index (χ4v) is 1.96. The SMILES string of the molecule is CCC(NC(=O)c1ccc(C(C)(C)C)cc1)C(N)=S. The lowest BCUT2D eigenvalue weighted by atomic mass is 9.86. The molecule has 0 saturated carbocycles. The summed E-state index contributed by atoms with van der Waals surface area (Å²) in [4.78, 5) is 12.4. The van der Waals surface area contributed by atoms with Gasteiger partial charge in [0.15, 0.2) is 0 Å². The number of thiocarbonyl (C=S) groups is 1. The van der Waals surface area contributed by atoms with Crippen molar-refractivity contribution in [2.75, 3.05) is 0 Å². The first-order chi connectivity index (χ1) is 8.75. The minimum atomic E-state index is -0.246. The molecule has 3 nitrogen and oxygen atoms in total. The number of rotatable bonds is 4. The highest BCUT2D eigenvalue weighted by molar-refractivity contribution is 7.80. The molecule has 1 unspecified atom stereocenters. The zero-order valence-electron chi connectivity index (χ0n) is 12.0. The van der Waals surface area contributed by atoms with Crippen molar-refractivity contribution in [2.45, 2.75) is 45.6 Å². The summed E-state index contributed by atoms with van der Waals surface area (Å²) in [6.07, 6.45) is 0.696. The van der Waals surface area contributed by atoms with Gasteiger partial charge in [0.05, 0.1) is 11.0 Å². The Morgan fingerprint density at radius 1 is 1.32 bits per heavy atom. The highest BCUT2D eigenvalue weighted by atomic mass is 32.1. The Balaban J connectivity index is 2.81. The summed E-state index contributed by atoms with van der Waals surface area (Å²) in [6.45, 7) is 8.36. The van der Waals surface area contributed by atoms with E-state index in [2.05, 4.69) is 26.1 Å². The molecule has 104 valence electrons. The Labute approximate surface area is 120 Å². The third kappa shape index (κ3) is 4.31. The van der Waals surface area contributed by atoms with Gasteiger partial charge in [0.2, 0.25) is 0 Å². The topological polar surface area (TPSA) is 55.1 Å². The molecule has 0 heterocycles. The van der Waals surface area contributed by atoms with Crippen LogP contribution in [0.3, 0.4) is 0 Å². The first-order valence-corrected chi connectivity index (χ1v) is 6.87. The largest absolute Gasteiger partial charge is 0.392 e. The molecule has 1 aromatic rings. The van der Waals surface area contributed by atoms with Crippen LogP contribution < -0.4 is 11.1 Å². The lowest BCUT2D eigenvalue weighted by Crippen LogP contribution is -2.43. The second-order valence-electron chi connectivity index (χ2n) is 5.66. The fraction of sp³-hybridized carbons (Fsp3) is 0.467. The molecule has 0 aromatic heterocycles. The number of carbonyl (C=O) groups is 1. The number of hydrogen-bond acceptors (Lipinski definition) is 2. The monoisotopic (exact) mass is 278 g/mol. The van der Waals surface area contributed by atoms with Crippen LogP contribution in [-0.4, -0.2) is 16.9 Å². The molecule has 4 heteroatoms. The maximum absolute atomic E-state index is 12.1. The molecule has 1 amide bonds. The molecule has 0 radical (unpaired) electrons. The summed E-state index contributed by atoms with van der Waals surface area (Å²) in [7, 11) is 0. The van der Waals surface area contributed by atoms with Crippen LogP contribution in [0, 0.1) is 0 Å². The minimum absolute atomic E-state index is 0.0831. The van der Waals surface area contributed by atoms with Gasteiger partial charge in [-0.1, -0.05) is 52.0 Å². The van der Waals surface area contributed by atoms with Crippen molar-refractivity contribution in [1.82, 2.24) is 5.32 Å². The second-order valence-corrected chi connectivity index (χ2v) is 6.14. The summed E-state index contributed by atoms with van der Waals surface area (Å²) >= 11 is 4.92. The van der Waals surface area contributed by atoms with Gasteiger partial charge >= 0.3 is 0 Å². The molecule has 1 rings (SSSR count). The van der Waals surface area contributed by atoms with Crippen LogP contribution in [-0.2, 0) is 5.41 Å². The predicted molar refractivity (Wildman–Crippen MR) is 83.5 cm³/mol. The highest BCUT2D eigenvalue weighted by Gasteiger charge is 2.16. The second kappa shape index (κ2) is 6.15. The van der Waals surface area contributed by atoms with E-state index >= 15 is 0 Å². The van der Waals surface area contributed by atoms with E-state index in [0.29, 0.717) is 17.0 Å². The van der Waals surface area contributed by atoms with Gasteiger partial charge in [-0.25, -0.2) is 0 Å². The molecule has 0 aliphatic rings. The van der Waals surface area contributed by atoms with Crippen molar-refractivity contribution >= 4 is 23.1 Å². The summed E-state index contributed by atoms with van der Waals surface area (Å²) in [5, 5.41) is 2.84. The molecular formula is C15H22N2OS. The molecule has 1 atom stereocenters. The van der Waals surface area contributed by atoms with E-state index in [1.165, 1.54) is 5.56 Å². The molecular weight excluding hydrogens is 256 g/mol. The fourth-order valence-electron chi connectivity index (χ4n) is 1.74. The van der Waals surface area contributed by atoms with E-state index in [4.69, 9.17) is 18.0 Å². The summed E-state index contributed by atoms with van der Waals surface area (Å²) in [6, 6.07) is 7.39.